The first-order valence-corrected chi connectivity index (χ1v) is 9.31. The Balaban J connectivity index is 1.98. The van der Waals surface area contributed by atoms with E-state index in [-0.39, 0.29) is 22.9 Å². The maximum atomic E-state index is 13.8. The molecule has 0 bridgehead atoms. The van der Waals surface area contributed by atoms with E-state index in [0.717, 1.165) is 30.3 Å². The second kappa shape index (κ2) is 9.15. The van der Waals surface area contributed by atoms with Crippen LogP contribution in [0.1, 0.15) is 21.5 Å². The van der Waals surface area contributed by atoms with Crippen molar-refractivity contribution >= 4 is 23.2 Å². The minimum atomic E-state index is -4.73. The fourth-order valence-electron chi connectivity index (χ4n) is 2.86. The van der Waals surface area contributed by atoms with Crippen LogP contribution in [0.5, 0.6) is 11.5 Å². The van der Waals surface area contributed by atoms with E-state index in [0.29, 0.717) is 11.6 Å². The number of carbonyl (C=O) groups excluding carboxylic acids is 1. The number of alkyl halides is 3. The van der Waals surface area contributed by atoms with Gasteiger partial charge in [0.25, 0.3) is 5.91 Å². The van der Waals surface area contributed by atoms with Gasteiger partial charge in [-0.3, -0.25) is 10.2 Å². The van der Waals surface area contributed by atoms with E-state index in [1.807, 2.05) is 0 Å². The van der Waals surface area contributed by atoms with Crippen molar-refractivity contribution in [2.75, 3.05) is 10.6 Å². The second-order valence-electron chi connectivity index (χ2n) is 6.91. The molecular weight excluding hydrogens is 447 g/mol. The van der Waals surface area contributed by atoms with E-state index >= 15 is 0 Å². The minimum Gasteiger partial charge on any atom is -0.456 e. The van der Waals surface area contributed by atoms with Gasteiger partial charge in [-0.15, -0.1) is 0 Å². The highest BCUT2D eigenvalue weighted by atomic mass is 19.4. The van der Waals surface area contributed by atoms with E-state index < -0.39 is 40.8 Å². The molecule has 0 aliphatic carbocycles. The summed E-state index contributed by atoms with van der Waals surface area (Å²) in [6.45, 7) is 1.53. The third-order valence-electron chi connectivity index (χ3n) is 4.40. The molecule has 0 saturated carbocycles. The van der Waals surface area contributed by atoms with Gasteiger partial charge in [0.15, 0.2) is 5.96 Å². The van der Waals surface area contributed by atoms with Crippen LogP contribution in [0.15, 0.2) is 54.6 Å². The lowest BCUT2D eigenvalue weighted by molar-refractivity contribution is -0.137. The van der Waals surface area contributed by atoms with Crippen molar-refractivity contribution in [1.29, 1.82) is 5.41 Å². The zero-order valence-electron chi connectivity index (χ0n) is 17.0. The van der Waals surface area contributed by atoms with Gasteiger partial charge in [-0.25, -0.2) is 8.78 Å². The number of anilines is 2. The normalized spacial score (nSPS) is 11.1. The van der Waals surface area contributed by atoms with Crippen LogP contribution >= 0.6 is 0 Å². The molecule has 0 saturated heterocycles. The van der Waals surface area contributed by atoms with Crippen LogP contribution in [0.4, 0.5) is 33.3 Å². The van der Waals surface area contributed by atoms with Gasteiger partial charge in [0, 0.05) is 5.69 Å². The Morgan fingerprint density at radius 2 is 1.67 bits per heavy atom. The first-order valence-electron chi connectivity index (χ1n) is 9.31. The molecule has 0 unspecified atom stereocenters. The van der Waals surface area contributed by atoms with Gasteiger partial charge in [0.2, 0.25) is 0 Å². The monoisotopic (exact) mass is 464 g/mol. The minimum absolute atomic E-state index is 0.0199. The van der Waals surface area contributed by atoms with Crippen molar-refractivity contribution in [3.8, 4) is 11.5 Å². The molecule has 0 heterocycles. The fraction of sp³-hybridized carbons (Fsp3) is 0.0909. The summed E-state index contributed by atoms with van der Waals surface area (Å²) in [5.41, 5.74) is 3.79. The number of ether oxygens (including phenoxy) is 1. The predicted molar refractivity (Wildman–Crippen MR) is 113 cm³/mol. The summed E-state index contributed by atoms with van der Waals surface area (Å²) < 4.78 is 72.6. The molecule has 11 heteroatoms. The molecule has 0 spiro atoms. The Hall–Kier alpha value is -4.15. The largest absolute Gasteiger partial charge is 0.456 e. The maximum absolute atomic E-state index is 13.8. The van der Waals surface area contributed by atoms with Gasteiger partial charge in [0.05, 0.1) is 16.8 Å². The highest BCUT2D eigenvalue weighted by Gasteiger charge is 2.32. The summed E-state index contributed by atoms with van der Waals surface area (Å²) in [6, 6.07) is 9.17. The first-order chi connectivity index (χ1) is 15.4. The molecule has 3 aromatic rings. The number of carbonyl (C=O) groups is 1. The molecular formula is C22H17F5N4O2. The second-order valence-corrected chi connectivity index (χ2v) is 6.91. The molecule has 33 heavy (non-hydrogen) atoms. The van der Waals surface area contributed by atoms with Crippen molar-refractivity contribution in [2.45, 2.75) is 13.1 Å². The number of guanidine groups is 1. The van der Waals surface area contributed by atoms with Crippen LogP contribution in [0.2, 0.25) is 0 Å². The van der Waals surface area contributed by atoms with Gasteiger partial charge >= 0.3 is 6.18 Å². The maximum Gasteiger partial charge on any atom is 0.416 e. The molecule has 1 amide bonds. The molecule has 0 radical (unpaired) electrons. The Labute approximate surface area is 184 Å². The highest BCUT2D eigenvalue weighted by molar-refractivity contribution is 6.06. The smallest absolute Gasteiger partial charge is 0.416 e. The van der Waals surface area contributed by atoms with Crippen molar-refractivity contribution in [3.05, 3.63) is 82.9 Å². The van der Waals surface area contributed by atoms with Gasteiger partial charge < -0.3 is 21.1 Å². The molecule has 0 fully saturated rings. The third kappa shape index (κ3) is 5.76. The van der Waals surface area contributed by atoms with Crippen LogP contribution in [-0.2, 0) is 6.18 Å². The average molecular weight is 464 g/mol. The molecule has 0 aliphatic rings. The van der Waals surface area contributed by atoms with Crippen LogP contribution in [-0.4, -0.2) is 11.9 Å². The van der Waals surface area contributed by atoms with Crippen molar-refractivity contribution in [3.63, 3.8) is 0 Å². The van der Waals surface area contributed by atoms with E-state index in [1.54, 1.807) is 0 Å². The summed E-state index contributed by atoms with van der Waals surface area (Å²) in [5.74, 6) is -2.90. The molecule has 0 aromatic heterocycles. The molecule has 3 aromatic carbocycles. The summed E-state index contributed by atoms with van der Waals surface area (Å²) in [4.78, 5) is 12.9. The topological polar surface area (TPSA) is 100 Å². The number of amides is 1. The summed E-state index contributed by atoms with van der Waals surface area (Å²) in [5, 5.41) is 11.8. The van der Waals surface area contributed by atoms with Gasteiger partial charge in [-0.1, -0.05) is 0 Å². The molecule has 3 rings (SSSR count). The van der Waals surface area contributed by atoms with Crippen LogP contribution in [0.3, 0.4) is 0 Å². The Bertz CT molecular complexity index is 1230. The number of halogens is 5. The average Bonchev–Trinajstić information content (AvgIpc) is 2.71. The number of hydrogen-bond donors (Lipinski definition) is 4. The predicted octanol–water partition coefficient (Wildman–Crippen LogP) is 5.64. The molecule has 0 atom stereocenters. The Kier molecular flexibility index (Phi) is 6.52. The number of benzene rings is 3. The van der Waals surface area contributed by atoms with Gasteiger partial charge in [0.1, 0.15) is 23.1 Å². The van der Waals surface area contributed by atoms with Crippen LogP contribution in [0, 0.1) is 24.0 Å². The van der Waals surface area contributed by atoms with Gasteiger partial charge in [-0.2, -0.15) is 13.2 Å². The Morgan fingerprint density at radius 1 is 0.970 bits per heavy atom. The summed E-state index contributed by atoms with van der Waals surface area (Å²) in [7, 11) is 0. The first kappa shape index (κ1) is 23.5. The van der Waals surface area contributed by atoms with Crippen molar-refractivity contribution in [1.82, 2.24) is 0 Å². The number of hydrogen-bond acceptors (Lipinski definition) is 3. The van der Waals surface area contributed by atoms with Crippen molar-refractivity contribution in [2.24, 2.45) is 5.73 Å². The number of nitrogens with two attached hydrogens (primary N) is 1. The number of aryl methyl sites for hydroxylation is 1. The van der Waals surface area contributed by atoms with Crippen LogP contribution in [0.25, 0.3) is 0 Å². The number of nitrogens with one attached hydrogen (secondary N) is 3. The molecule has 6 nitrogen and oxygen atoms in total. The lowest BCUT2D eigenvalue weighted by atomic mass is 10.1. The standard InChI is InChI=1S/C22H17F5N4O2/c1-11-8-13(23)3-7-18(11)33-19-6-2-12(22(25,26)27)9-15(19)20(32)30-14-4-5-16(24)17(10-14)31-21(28)29/h2-10H,1H3,(H,30,32)(H4,28,29,31). The SMILES string of the molecule is Cc1cc(F)ccc1Oc1ccc(C(F)(F)F)cc1C(=O)Nc1ccc(F)c(NC(=N)N)c1. The van der Waals surface area contributed by atoms with Crippen LogP contribution < -0.4 is 21.1 Å². The van der Waals surface area contributed by atoms with Crippen molar-refractivity contribution < 1.29 is 31.5 Å². The van der Waals surface area contributed by atoms with E-state index in [2.05, 4.69) is 10.6 Å². The molecule has 0 aliphatic heterocycles. The van der Waals surface area contributed by atoms with E-state index in [1.165, 1.54) is 25.1 Å². The van der Waals surface area contributed by atoms with E-state index in [9.17, 15) is 26.7 Å². The molecule has 5 N–H and O–H groups in total. The zero-order valence-corrected chi connectivity index (χ0v) is 17.0. The number of rotatable bonds is 5. The van der Waals surface area contributed by atoms with E-state index in [4.69, 9.17) is 15.9 Å². The lowest BCUT2D eigenvalue weighted by Crippen LogP contribution is -2.21. The Morgan fingerprint density at radius 3 is 2.30 bits per heavy atom. The fourth-order valence-corrected chi connectivity index (χ4v) is 2.86. The highest BCUT2D eigenvalue weighted by Crippen LogP contribution is 2.35. The van der Waals surface area contributed by atoms with Gasteiger partial charge in [-0.05, 0) is 67.1 Å². The molecule has 172 valence electrons. The lowest BCUT2D eigenvalue weighted by Gasteiger charge is -2.16. The quantitative estimate of drug-likeness (QED) is 0.223. The summed E-state index contributed by atoms with van der Waals surface area (Å²) in [6.07, 6.45) is -4.73. The summed E-state index contributed by atoms with van der Waals surface area (Å²) >= 11 is 0. The third-order valence-corrected chi connectivity index (χ3v) is 4.40. The zero-order chi connectivity index (χ0) is 24.3.